The maximum Gasteiger partial charge on any atom is 0.0897 e. The molecule has 1 aromatic heterocycles. The van der Waals surface area contributed by atoms with Gasteiger partial charge in [-0.05, 0) is 38.0 Å². The molecule has 2 rings (SSSR count). The molecule has 2 nitrogen and oxygen atoms in total. The van der Waals surface area contributed by atoms with E-state index in [0.717, 1.165) is 30.7 Å². The largest absolute Gasteiger partial charge is 0.393 e. The summed E-state index contributed by atoms with van der Waals surface area (Å²) in [5.41, 5.74) is 1.48. The second kappa shape index (κ2) is 3.63. The van der Waals surface area contributed by atoms with E-state index >= 15 is 0 Å². The molecule has 2 unspecified atom stereocenters. The fraction of sp³-hybridized carbons (Fsp3) is 0.727. The van der Waals surface area contributed by atoms with Gasteiger partial charge < -0.3 is 5.11 Å². The lowest BCUT2D eigenvalue weighted by molar-refractivity contribution is 0.163. The van der Waals surface area contributed by atoms with Crippen molar-refractivity contribution < 1.29 is 5.11 Å². The first kappa shape index (κ1) is 10.1. The van der Waals surface area contributed by atoms with Crippen molar-refractivity contribution in [3.05, 3.63) is 16.1 Å². The van der Waals surface area contributed by atoms with Crippen molar-refractivity contribution in [2.75, 3.05) is 0 Å². The quantitative estimate of drug-likeness (QED) is 0.815. The molecule has 1 aliphatic rings. The van der Waals surface area contributed by atoms with Gasteiger partial charge in [0.15, 0.2) is 0 Å². The molecule has 1 saturated carbocycles. The molecule has 0 aromatic carbocycles. The highest BCUT2D eigenvalue weighted by Crippen LogP contribution is 2.40. The van der Waals surface area contributed by atoms with Gasteiger partial charge >= 0.3 is 0 Å². The molecule has 1 fully saturated rings. The molecule has 0 amide bonds. The Balaban J connectivity index is 2.03. The Morgan fingerprint density at radius 3 is 3.00 bits per heavy atom. The molecule has 3 heteroatoms. The maximum absolute atomic E-state index is 9.53. The number of nitrogens with zero attached hydrogens (tertiary/aromatic N) is 1. The van der Waals surface area contributed by atoms with Crippen molar-refractivity contribution in [3.63, 3.8) is 0 Å². The summed E-state index contributed by atoms with van der Waals surface area (Å²) in [5, 5.41) is 12.8. The van der Waals surface area contributed by atoms with Gasteiger partial charge in [-0.1, -0.05) is 6.92 Å². The summed E-state index contributed by atoms with van der Waals surface area (Å²) in [6.45, 7) is 4.30. The second-order valence-electron chi connectivity index (χ2n) is 4.74. The van der Waals surface area contributed by atoms with E-state index in [2.05, 4.69) is 17.3 Å². The summed E-state index contributed by atoms with van der Waals surface area (Å²) >= 11 is 1.71. The Morgan fingerprint density at radius 2 is 2.50 bits per heavy atom. The van der Waals surface area contributed by atoms with Gasteiger partial charge in [-0.25, -0.2) is 4.98 Å². The summed E-state index contributed by atoms with van der Waals surface area (Å²) in [5.74, 6) is 0. The molecule has 1 aromatic rings. The van der Waals surface area contributed by atoms with Gasteiger partial charge in [0.05, 0.1) is 16.8 Å². The molecule has 0 saturated heterocycles. The lowest BCUT2D eigenvalue weighted by Crippen LogP contribution is -2.16. The number of hydrogen-bond acceptors (Lipinski definition) is 3. The number of aryl methyl sites for hydroxylation is 1. The van der Waals surface area contributed by atoms with Gasteiger partial charge in [0, 0.05) is 5.38 Å². The van der Waals surface area contributed by atoms with Crippen LogP contribution < -0.4 is 0 Å². The van der Waals surface area contributed by atoms with E-state index in [0.29, 0.717) is 0 Å². The first-order valence-electron chi connectivity index (χ1n) is 5.16. The van der Waals surface area contributed by atoms with Crippen LogP contribution in [0.15, 0.2) is 5.38 Å². The van der Waals surface area contributed by atoms with Gasteiger partial charge in [0.25, 0.3) is 0 Å². The van der Waals surface area contributed by atoms with Crippen LogP contribution >= 0.6 is 11.3 Å². The minimum absolute atomic E-state index is 0.0836. The van der Waals surface area contributed by atoms with Crippen molar-refractivity contribution in [1.82, 2.24) is 4.98 Å². The number of thiazole rings is 1. The highest BCUT2D eigenvalue weighted by Gasteiger charge is 2.34. The predicted molar refractivity (Wildman–Crippen MR) is 58.5 cm³/mol. The van der Waals surface area contributed by atoms with Crippen molar-refractivity contribution in [2.24, 2.45) is 5.41 Å². The number of aliphatic hydroxyl groups excluding tert-OH is 1. The Labute approximate surface area is 89.0 Å². The zero-order valence-electron chi connectivity index (χ0n) is 8.79. The molecular formula is C11H17NOS. The fourth-order valence-electron chi connectivity index (χ4n) is 2.38. The van der Waals surface area contributed by atoms with Crippen LogP contribution in [0.25, 0.3) is 0 Å². The van der Waals surface area contributed by atoms with Crippen LogP contribution in [-0.2, 0) is 6.42 Å². The molecule has 14 heavy (non-hydrogen) atoms. The molecule has 0 aliphatic heterocycles. The van der Waals surface area contributed by atoms with E-state index in [-0.39, 0.29) is 11.5 Å². The van der Waals surface area contributed by atoms with Gasteiger partial charge in [-0.3, -0.25) is 0 Å². The monoisotopic (exact) mass is 211 g/mol. The molecule has 0 bridgehead atoms. The average molecular weight is 211 g/mol. The third-order valence-electron chi connectivity index (χ3n) is 3.08. The van der Waals surface area contributed by atoms with E-state index in [1.54, 1.807) is 11.3 Å². The van der Waals surface area contributed by atoms with Crippen LogP contribution in [-0.4, -0.2) is 16.2 Å². The van der Waals surface area contributed by atoms with E-state index in [4.69, 9.17) is 0 Å². The number of rotatable bonds is 2. The van der Waals surface area contributed by atoms with Crippen LogP contribution in [0.1, 0.15) is 36.9 Å². The lowest BCUT2D eigenvalue weighted by atomic mass is 9.84. The minimum Gasteiger partial charge on any atom is -0.393 e. The minimum atomic E-state index is -0.0836. The van der Waals surface area contributed by atoms with Crippen LogP contribution in [0, 0.1) is 12.3 Å². The highest BCUT2D eigenvalue weighted by molar-refractivity contribution is 7.09. The van der Waals surface area contributed by atoms with E-state index in [9.17, 15) is 5.11 Å². The van der Waals surface area contributed by atoms with Crippen molar-refractivity contribution in [3.8, 4) is 0 Å². The van der Waals surface area contributed by atoms with Gasteiger partial charge in [-0.2, -0.15) is 0 Å². The number of aromatic nitrogens is 1. The number of aliphatic hydroxyl groups is 1. The van der Waals surface area contributed by atoms with Crippen molar-refractivity contribution >= 4 is 11.3 Å². The summed E-state index contributed by atoms with van der Waals surface area (Å²) in [7, 11) is 0. The highest BCUT2D eigenvalue weighted by atomic mass is 32.1. The maximum atomic E-state index is 9.53. The van der Waals surface area contributed by atoms with Crippen LogP contribution in [0.5, 0.6) is 0 Å². The van der Waals surface area contributed by atoms with Gasteiger partial charge in [-0.15, -0.1) is 11.3 Å². The first-order valence-corrected chi connectivity index (χ1v) is 6.04. The first-order chi connectivity index (χ1) is 6.57. The normalized spacial score (nSPS) is 32.4. The molecule has 0 spiro atoms. The molecule has 1 aliphatic carbocycles. The fourth-order valence-corrected chi connectivity index (χ4v) is 2.99. The lowest BCUT2D eigenvalue weighted by Gasteiger charge is -2.22. The molecule has 0 radical (unpaired) electrons. The Morgan fingerprint density at radius 1 is 1.71 bits per heavy atom. The third-order valence-corrected chi connectivity index (χ3v) is 3.91. The Bertz CT molecular complexity index is 323. The smallest absolute Gasteiger partial charge is 0.0897 e. The molecule has 2 atom stereocenters. The summed E-state index contributed by atoms with van der Waals surface area (Å²) in [6.07, 6.45) is 3.96. The van der Waals surface area contributed by atoms with Crippen molar-refractivity contribution in [2.45, 2.75) is 45.6 Å². The standard InChI is InChI=1S/C11H17NOS/c1-8-12-9(7-14-8)5-11(2)4-3-10(13)6-11/h7,10,13H,3-6H2,1-2H3. The Kier molecular flexibility index (Phi) is 2.62. The molecular weight excluding hydrogens is 194 g/mol. The van der Waals surface area contributed by atoms with E-state index in [1.807, 2.05) is 6.92 Å². The second-order valence-corrected chi connectivity index (χ2v) is 5.80. The zero-order valence-corrected chi connectivity index (χ0v) is 9.60. The van der Waals surface area contributed by atoms with E-state index < -0.39 is 0 Å². The van der Waals surface area contributed by atoms with E-state index in [1.165, 1.54) is 5.69 Å². The zero-order chi connectivity index (χ0) is 10.2. The van der Waals surface area contributed by atoms with Crippen molar-refractivity contribution in [1.29, 1.82) is 0 Å². The van der Waals surface area contributed by atoms with Crippen LogP contribution in [0.3, 0.4) is 0 Å². The average Bonchev–Trinajstić information content (AvgIpc) is 2.60. The molecule has 78 valence electrons. The summed E-state index contributed by atoms with van der Waals surface area (Å²) in [4.78, 5) is 4.48. The SMILES string of the molecule is Cc1nc(CC2(C)CCC(O)C2)cs1. The summed E-state index contributed by atoms with van der Waals surface area (Å²) < 4.78 is 0. The number of hydrogen-bond donors (Lipinski definition) is 1. The summed E-state index contributed by atoms with van der Waals surface area (Å²) in [6, 6.07) is 0. The topological polar surface area (TPSA) is 33.1 Å². The van der Waals surface area contributed by atoms with Crippen LogP contribution in [0.4, 0.5) is 0 Å². The predicted octanol–water partition coefficient (Wildman–Crippen LogP) is 2.55. The Hall–Kier alpha value is -0.410. The van der Waals surface area contributed by atoms with Crippen LogP contribution in [0.2, 0.25) is 0 Å². The molecule has 1 heterocycles. The van der Waals surface area contributed by atoms with Gasteiger partial charge in [0.2, 0.25) is 0 Å². The molecule has 1 N–H and O–H groups in total. The third kappa shape index (κ3) is 2.15. The van der Waals surface area contributed by atoms with Gasteiger partial charge in [0.1, 0.15) is 0 Å².